The first kappa shape index (κ1) is 17.1. The summed E-state index contributed by atoms with van der Waals surface area (Å²) in [6.45, 7) is 5.72. The molecular weight excluding hydrogens is 323 g/mol. The topological polar surface area (TPSA) is 43.4 Å². The molecule has 0 spiro atoms. The van der Waals surface area contributed by atoms with Crippen molar-refractivity contribution in [1.82, 2.24) is 0 Å². The van der Waals surface area contributed by atoms with Crippen LogP contribution in [0.3, 0.4) is 0 Å². The number of halogens is 2. The van der Waals surface area contributed by atoms with E-state index in [9.17, 15) is 9.59 Å². The third kappa shape index (κ3) is 3.09. The van der Waals surface area contributed by atoms with Gasteiger partial charge in [0, 0.05) is 12.0 Å². The molecule has 2 rings (SSSR count). The highest BCUT2D eigenvalue weighted by atomic mass is 35.5. The van der Waals surface area contributed by atoms with Crippen LogP contribution >= 0.6 is 23.2 Å². The molecule has 22 heavy (non-hydrogen) atoms. The van der Waals surface area contributed by atoms with Gasteiger partial charge in [0.25, 0.3) is 0 Å². The van der Waals surface area contributed by atoms with Crippen LogP contribution in [0.5, 0.6) is 0 Å². The van der Waals surface area contributed by atoms with Crippen LogP contribution in [0.2, 0.25) is 0 Å². The average molecular weight is 341 g/mol. The molecule has 2 aliphatic carbocycles. The Balaban J connectivity index is 2.07. The molecule has 3 atom stereocenters. The van der Waals surface area contributed by atoms with E-state index in [1.54, 1.807) is 13.0 Å². The molecule has 0 saturated heterocycles. The maximum absolute atomic E-state index is 12.4. The van der Waals surface area contributed by atoms with Gasteiger partial charge in [0.05, 0.1) is 12.3 Å². The summed E-state index contributed by atoms with van der Waals surface area (Å²) in [5.41, 5.74) is 1.11. The van der Waals surface area contributed by atoms with Crippen LogP contribution in [0, 0.1) is 29.6 Å². The molecule has 0 heterocycles. The number of terminal acetylenes is 1. The Morgan fingerprint density at radius 3 is 2.68 bits per heavy atom. The fourth-order valence-corrected chi connectivity index (χ4v) is 3.39. The summed E-state index contributed by atoms with van der Waals surface area (Å²) in [7, 11) is 0. The molecule has 3 nitrogen and oxygen atoms in total. The highest BCUT2D eigenvalue weighted by Gasteiger charge is 2.62. The van der Waals surface area contributed by atoms with E-state index in [0.717, 1.165) is 5.57 Å². The van der Waals surface area contributed by atoms with Crippen molar-refractivity contribution in [2.24, 2.45) is 17.3 Å². The van der Waals surface area contributed by atoms with Crippen molar-refractivity contribution in [1.29, 1.82) is 0 Å². The average Bonchev–Trinajstić information content (AvgIpc) is 2.83. The molecule has 118 valence electrons. The monoisotopic (exact) mass is 340 g/mol. The second kappa shape index (κ2) is 6.10. The van der Waals surface area contributed by atoms with E-state index in [0.29, 0.717) is 5.57 Å². The van der Waals surface area contributed by atoms with Gasteiger partial charge in [-0.15, -0.1) is 12.3 Å². The van der Waals surface area contributed by atoms with Gasteiger partial charge in [-0.1, -0.05) is 37.0 Å². The second-order valence-electron chi connectivity index (χ2n) is 6.38. The fraction of sp³-hybridized carbons (Fsp3) is 0.529. The zero-order valence-electron chi connectivity index (χ0n) is 12.8. The number of carbonyl (C=O) groups excluding carboxylic acids is 2. The molecular formula is C17H18Cl2O3. The van der Waals surface area contributed by atoms with E-state index in [-0.39, 0.29) is 46.3 Å². The molecule has 0 aromatic rings. The maximum Gasteiger partial charge on any atom is 0.310 e. The Hall–Kier alpha value is -1.24. The largest absolute Gasteiger partial charge is 0.457 e. The highest BCUT2D eigenvalue weighted by molar-refractivity contribution is 6.55. The van der Waals surface area contributed by atoms with Gasteiger partial charge in [-0.2, -0.15) is 0 Å². The Morgan fingerprint density at radius 1 is 1.50 bits per heavy atom. The maximum atomic E-state index is 12.4. The first-order chi connectivity index (χ1) is 10.2. The summed E-state index contributed by atoms with van der Waals surface area (Å²) in [6, 6.07) is 0. The molecule has 0 amide bonds. The van der Waals surface area contributed by atoms with Crippen LogP contribution in [0.1, 0.15) is 33.6 Å². The number of rotatable bonds is 4. The van der Waals surface area contributed by atoms with Crippen molar-refractivity contribution >= 4 is 35.0 Å². The van der Waals surface area contributed by atoms with E-state index < -0.39 is 6.10 Å². The first-order valence-electron chi connectivity index (χ1n) is 7.09. The summed E-state index contributed by atoms with van der Waals surface area (Å²) < 4.78 is 5.69. The molecule has 1 saturated carbocycles. The predicted octanol–water partition coefficient (Wildman–Crippen LogP) is 3.80. The molecule has 0 aromatic carbocycles. The number of ether oxygens (including phenoxy) is 1. The van der Waals surface area contributed by atoms with Crippen LogP contribution in [-0.2, 0) is 14.3 Å². The smallest absolute Gasteiger partial charge is 0.310 e. The van der Waals surface area contributed by atoms with Gasteiger partial charge in [0.2, 0.25) is 0 Å². The first-order valence-corrected chi connectivity index (χ1v) is 7.85. The van der Waals surface area contributed by atoms with Crippen molar-refractivity contribution in [3.63, 3.8) is 0 Å². The minimum atomic E-state index is -0.504. The normalized spacial score (nSPS) is 29.1. The van der Waals surface area contributed by atoms with E-state index in [4.69, 9.17) is 34.4 Å². The Labute approximate surface area is 140 Å². The number of hydrogen-bond donors (Lipinski definition) is 0. The quantitative estimate of drug-likeness (QED) is 0.577. The third-order valence-corrected chi connectivity index (χ3v) is 4.93. The lowest BCUT2D eigenvalue weighted by molar-refractivity contribution is -0.150. The minimum absolute atomic E-state index is 0.0384. The lowest BCUT2D eigenvalue weighted by Gasteiger charge is -2.13. The van der Waals surface area contributed by atoms with Gasteiger partial charge < -0.3 is 4.74 Å². The number of carbonyl (C=O) groups is 2. The standard InChI is InChI=1S/C17H18Cl2O3/c1-5-6-10-9(2)13(8-12(10)20)22-16(21)15-11(7-14(18)19)17(15,3)4/h1,7,11,13,15H,6,8H2,2-4H3/t11-,13-,15-/m0/s1. The Kier molecular flexibility index (Phi) is 4.75. The minimum Gasteiger partial charge on any atom is -0.457 e. The van der Waals surface area contributed by atoms with Crippen LogP contribution in [0.4, 0.5) is 0 Å². The second-order valence-corrected chi connectivity index (χ2v) is 7.38. The van der Waals surface area contributed by atoms with Crippen LogP contribution < -0.4 is 0 Å². The van der Waals surface area contributed by atoms with Crippen molar-refractivity contribution < 1.29 is 14.3 Å². The molecule has 2 aliphatic rings. The van der Waals surface area contributed by atoms with Crippen molar-refractivity contribution in [3.05, 3.63) is 21.7 Å². The SMILES string of the molecule is C#CCC1=C(C)[C@@H](OC(=O)[C@@H]2[C@H](C=C(Cl)Cl)C2(C)C)CC1=O. The Bertz CT molecular complexity index is 618. The molecule has 0 unspecified atom stereocenters. The number of esters is 1. The van der Waals surface area contributed by atoms with Crippen molar-refractivity contribution in [2.75, 3.05) is 0 Å². The zero-order valence-corrected chi connectivity index (χ0v) is 14.3. The molecule has 5 heteroatoms. The zero-order chi connectivity index (χ0) is 16.7. The fourth-order valence-electron chi connectivity index (χ4n) is 3.12. The summed E-state index contributed by atoms with van der Waals surface area (Å²) in [5, 5.41) is 0. The van der Waals surface area contributed by atoms with Crippen molar-refractivity contribution in [3.8, 4) is 12.3 Å². The predicted molar refractivity (Wildman–Crippen MR) is 86.2 cm³/mol. The highest BCUT2D eigenvalue weighted by Crippen LogP contribution is 2.60. The number of allylic oxidation sites excluding steroid dienone is 2. The summed E-state index contributed by atoms with van der Waals surface area (Å²) in [5.74, 6) is 1.77. The van der Waals surface area contributed by atoms with E-state index in [2.05, 4.69) is 5.92 Å². The van der Waals surface area contributed by atoms with Gasteiger partial charge >= 0.3 is 5.97 Å². The van der Waals surface area contributed by atoms with Crippen LogP contribution in [-0.4, -0.2) is 17.9 Å². The van der Waals surface area contributed by atoms with Gasteiger partial charge in [0.15, 0.2) is 5.78 Å². The van der Waals surface area contributed by atoms with Crippen LogP contribution in [0.25, 0.3) is 0 Å². The number of Topliss-reactive ketones (excluding diaryl/α,β-unsaturated/α-hetero) is 1. The van der Waals surface area contributed by atoms with Crippen molar-refractivity contribution in [2.45, 2.75) is 39.7 Å². The van der Waals surface area contributed by atoms with E-state index in [1.807, 2.05) is 13.8 Å². The molecule has 1 fully saturated rings. The van der Waals surface area contributed by atoms with E-state index in [1.165, 1.54) is 0 Å². The summed E-state index contributed by atoms with van der Waals surface area (Å²) >= 11 is 11.4. The van der Waals surface area contributed by atoms with Gasteiger partial charge in [0.1, 0.15) is 10.6 Å². The lowest BCUT2D eigenvalue weighted by Crippen LogP contribution is -2.20. The summed E-state index contributed by atoms with van der Waals surface area (Å²) in [6.07, 6.45) is 6.88. The number of ketones is 1. The molecule has 0 aliphatic heterocycles. The summed E-state index contributed by atoms with van der Waals surface area (Å²) in [4.78, 5) is 24.3. The van der Waals surface area contributed by atoms with Crippen LogP contribution in [0.15, 0.2) is 21.7 Å². The number of hydrogen-bond acceptors (Lipinski definition) is 3. The molecule has 0 aromatic heterocycles. The molecule has 0 N–H and O–H groups in total. The Morgan fingerprint density at radius 2 is 2.14 bits per heavy atom. The van der Waals surface area contributed by atoms with Gasteiger partial charge in [-0.05, 0) is 29.9 Å². The van der Waals surface area contributed by atoms with Gasteiger partial charge in [-0.3, -0.25) is 9.59 Å². The third-order valence-electron chi connectivity index (χ3n) is 4.67. The lowest BCUT2D eigenvalue weighted by atomic mass is 10.1. The molecule has 0 bridgehead atoms. The van der Waals surface area contributed by atoms with E-state index >= 15 is 0 Å². The molecule has 0 radical (unpaired) electrons. The van der Waals surface area contributed by atoms with Gasteiger partial charge in [-0.25, -0.2) is 0 Å².